The topological polar surface area (TPSA) is 61.4 Å². The Morgan fingerprint density at radius 1 is 1.30 bits per heavy atom. The minimum atomic E-state index is -1.39. The number of carbonyl (C=O) groups is 1. The van der Waals surface area contributed by atoms with Crippen LogP contribution in [0, 0.1) is 0 Å². The predicted octanol–water partition coefficient (Wildman–Crippen LogP) is 4.36. The lowest BCUT2D eigenvalue weighted by Crippen LogP contribution is -2.52. The van der Waals surface area contributed by atoms with Crippen LogP contribution in [0.15, 0.2) is 40.6 Å². The summed E-state index contributed by atoms with van der Waals surface area (Å²) in [6.45, 7) is 0. The summed E-state index contributed by atoms with van der Waals surface area (Å²) in [7, 11) is 0. The molecular weight excluding hydrogens is 363 g/mol. The smallest absolute Gasteiger partial charge is 0.255 e. The Hall–Kier alpha value is -2.28. The van der Waals surface area contributed by atoms with Crippen LogP contribution < -0.4 is 0 Å². The normalized spacial score (nSPS) is 29.8. The zero-order chi connectivity index (χ0) is 18.4. The minimum Gasteiger partial charge on any atom is -0.332 e. The zero-order valence-electron chi connectivity index (χ0n) is 14.9. The van der Waals surface area contributed by atoms with Gasteiger partial charge in [0.05, 0.1) is 17.5 Å². The summed E-state index contributed by atoms with van der Waals surface area (Å²) in [6, 6.07) is 1.83. The van der Waals surface area contributed by atoms with Crippen LogP contribution in [0.4, 0.5) is 4.39 Å². The summed E-state index contributed by atoms with van der Waals surface area (Å²) >= 11 is 1.54. The highest BCUT2D eigenvalue weighted by Gasteiger charge is 2.52. The number of halogens is 1. The number of hydrogen-bond donors (Lipinski definition) is 1. The molecule has 27 heavy (non-hydrogen) atoms. The predicted molar refractivity (Wildman–Crippen MR) is 104 cm³/mol. The van der Waals surface area contributed by atoms with Crippen molar-refractivity contribution in [2.75, 3.05) is 0 Å². The number of H-pyrrole nitrogens is 1. The standard InChI is InChI=1S/C20H21FN4OS/c21-20(18-3-1-2-6-22-18)8-15-4-5-16(9-20)25(15)19(26)13-7-17(27-12-13)14-10-23-24-11-14/h3,6-7,10-12,15-16H,1-2,4-5,8-9H2,(H,23,24). The van der Waals surface area contributed by atoms with Crippen LogP contribution in [0.5, 0.6) is 0 Å². The number of piperidine rings is 1. The van der Waals surface area contributed by atoms with Crippen LogP contribution in [-0.4, -0.2) is 45.0 Å². The number of fused-ring (bicyclic) bond motifs is 2. The average molecular weight is 384 g/mol. The Kier molecular flexibility index (Phi) is 4.00. The molecule has 0 spiro atoms. The summed E-state index contributed by atoms with van der Waals surface area (Å²) in [5.41, 5.74) is 0.853. The van der Waals surface area contributed by atoms with Gasteiger partial charge >= 0.3 is 0 Å². The lowest BCUT2D eigenvalue weighted by molar-refractivity contribution is 0.0271. The summed E-state index contributed by atoms with van der Waals surface area (Å²) in [4.78, 5) is 20.5. The Morgan fingerprint density at radius 2 is 2.11 bits per heavy atom. The van der Waals surface area contributed by atoms with Crippen molar-refractivity contribution in [1.29, 1.82) is 0 Å². The maximum absolute atomic E-state index is 15.7. The number of amides is 1. The van der Waals surface area contributed by atoms with Gasteiger partial charge < -0.3 is 4.90 Å². The Morgan fingerprint density at radius 3 is 2.78 bits per heavy atom. The molecule has 5 heterocycles. The molecule has 5 rings (SSSR count). The van der Waals surface area contributed by atoms with Gasteiger partial charge in [0.25, 0.3) is 5.91 Å². The fourth-order valence-electron chi connectivity index (χ4n) is 4.68. The fraction of sp³-hybridized carbons (Fsp3) is 0.450. The molecule has 2 aromatic rings. The van der Waals surface area contributed by atoms with Gasteiger partial charge in [-0.25, -0.2) is 4.39 Å². The lowest BCUT2D eigenvalue weighted by Gasteiger charge is -2.42. The van der Waals surface area contributed by atoms with E-state index >= 15 is 4.39 Å². The summed E-state index contributed by atoms with van der Waals surface area (Å²) < 4.78 is 15.7. The molecule has 0 aliphatic carbocycles. The van der Waals surface area contributed by atoms with Crippen LogP contribution in [0.1, 0.15) is 48.9 Å². The van der Waals surface area contributed by atoms with Gasteiger partial charge in [0.2, 0.25) is 0 Å². The van der Waals surface area contributed by atoms with Crippen LogP contribution >= 0.6 is 11.3 Å². The maximum atomic E-state index is 15.7. The fourth-order valence-corrected chi connectivity index (χ4v) is 5.54. The second-order valence-corrected chi connectivity index (χ2v) is 8.55. The quantitative estimate of drug-likeness (QED) is 0.855. The molecule has 2 fully saturated rings. The molecule has 2 atom stereocenters. The number of nitrogens with zero attached hydrogens (tertiary/aromatic N) is 3. The highest BCUT2D eigenvalue weighted by molar-refractivity contribution is 7.13. The van der Waals surface area contributed by atoms with Crippen molar-refractivity contribution < 1.29 is 9.18 Å². The highest BCUT2D eigenvalue weighted by Crippen LogP contribution is 2.47. The number of carbonyl (C=O) groups excluding carboxylic acids is 1. The van der Waals surface area contributed by atoms with Crippen molar-refractivity contribution >= 4 is 23.5 Å². The lowest BCUT2D eigenvalue weighted by atomic mass is 9.84. The van der Waals surface area contributed by atoms with Crippen molar-refractivity contribution in [2.45, 2.75) is 56.3 Å². The Labute approximate surface area is 161 Å². The van der Waals surface area contributed by atoms with Crippen LogP contribution in [0.25, 0.3) is 10.4 Å². The van der Waals surface area contributed by atoms with E-state index in [0.717, 1.165) is 36.1 Å². The number of nitrogens with one attached hydrogen (secondary N) is 1. The largest absolute Gasteiger partial charge is 0.332 e. The van der Waals surface area contributed by atoms with Crippen LogP contribution in [0.2, 0.25) is 0 Å². The minimum absolute atomic E-state index is 0.0247. The summed E-state index contributed by atoms with van der Waals surface area (Å²) in [6.07, 6.45) is 11.5. The summed E-state index contributed by atoms with van der Waals surface area (Å²) in [5.74, 6) is 0.0247. The monoisotopic (exact) mass is 384 g/mol. The molecule has 3 aliphatic heterocycles. The van der Waals surface area contributed by atoms with Crippen LogP contribution in [0.3, 0.4) is 0 Å². The van der Waals surface area contributed by atoms with E-state index in [1.54, 1.807) is 6.20 Å². The Bertz CT molecular complexity index is 902. The molecule has 1 N–H and O–H groups in total. The van der Waals surface area contributed by atoms with Crippen molar-refractivity contribution in [2.24, 2.45) is 4.99 Å². The van der Waals surface area contributed by atoms with Gasteiger partial charge in [-0.15, -0.1) is 11.3 Å². The number of aromatic nitrogens is 2. The van der Waals surface area contributed by atoms with E-state index in [4.69, 9.17) is 0 Å². The third kappa shape index (κ3) is 2.84. The second-order valence-electron chi connectivity index (χ2n) is 7.64. The van der Waals surface area contributed by atoms with Gasteiger partial charge in [-0.1, -0.05) is 6.08 Å². The molecule has 7 heteroatoms. The van der Waals surface area contributed by atoms with Gasteiger partial charge in [0.15, 0.2) is 5.67 Å². The van der Waals surface area contributed by atoms with Crippen molar-refractivity contribution in [1.82, 2.24) is 15.1 Å². The first kappa shape index (κ1) is 16.9. The number of allylic oxidation sites excluding steroid dienone is 2. The first-order valence-electron chi connectivity index (χ1n) is 9.46. The van der Waals surface area contributed by atoms with Gasteiger partial charge in [0, 0.05) is 53.2 Å². The molecule has 3 aliphatic rings. The van der Waals surface area contributed by atoms with E-state index in [0.29, 0.717) is 24.1 Å². The number of aliphatic imine (C=N–C) groups is 1. The third-order valence-corrected chi connectivity index (χ3v) is 6.90. The van der Waals surface area contributed by atoms with Crippen molar-refractivity contribution in [3.8, 4) is 10.4 Å². The van der Waals surface area contributed by atoms with E-state index in [-0.39, 0.29) is 18.0 Å². The van der Waals surface area contributed by atoms with Crippen molar-refractivity contribution in [3.63, 3.8) is 0 Å². The van der Waals surface area contributed by atoms with Crippen molar-refractivity contribution in [3.05, 3.63) is 41.2 Å². The first-order chi connectivity index (χ1) is 13.1. The molecule has 2 aromatic heterocycles. The number of alkyl halides is 1. The summed E-state index contributed by atoms with van der Waals surface area (Å²) in [5, 5.41) is 8.66. The second kappa shape index (κ2) is 6.41. The molecule has 0 aromatic carbocycles. The molecule has 2 saturated heterocycles. The number of hydrogen-bond acceptors (Lipinski definition) is 4. The zero-order valence-corrected chi connectivity index (χ0v) is 15.7. The molecule has 0 saturated carbocycles. The van der Waals surface area contributed by atoms with E-state index in [1.807, 2.05) is 34.8 Å². The molecule has 5 nitrogen and oxygen atoms in total. The Balaban J connectivity index is 1.37. The van der Waals surface area contributed by atoms with Gasteiger partial charge in [0.1, 0.15) is 0 Å². The highest BCUT2D eigenvalue weighted by atomic mass is 32.1. The van der Waals surface area contributed by atoms with E-state index in [1.165, 1.54) is 11.3 Å². The van der Waals surface area contributed by atoms with Gasteiger partial charge in [-0.3, -0.25) is 14.9 Å². The van der Waals surface area contributed by atoms with Gasteiger partial charge in [-0.2, -0.15) is 5.10 Å². The SMILES string of the molecule is O=C(c1csc(-c2cn[nH]c2)c1)N1C2CCC1CC(F)(C1=CCCC=N1)C2. The molecule has 2 unspecified atom stereocenters. The van der Waals surface area contributed by atoms with E-state index in [9.17, 15) is 4.79 Å². The van der Waals surface area contributed by atoms with E-state index in [2.05, 4.69) is 15.2 Å². The molecule has 140 valence electrons. The van der Waals surface area contributed by atoms with E-state index < -0.39 is 5.67 Å². The first-order valence-corrected chi connectivity index (χ1v) is 10.3. The molecule has 2 bridgehead atoms. The van der Waals surface area contributed by atoms with Crippen LogP contribution in [-0.2, 0) is 0 Å². The number of rotatable bonds is 3. The third-order valence-electron chi connectivity index (χ3n) is 5.92. The molecule has 0 radical (unpaired) electrons. The average Bonchev–Trinajstić information content (AvgIpc) is 3.41. The number of thiophene rings is 1. The maximum Gasteiger partial charge on any atom is 0.255 e. The molecule has 1 amide bonds. The van der Waals surface area contributed by atoms with Gasteiger partial charge in [-0.05, 0) is 31.7 Å². The molecular formula is C20H21FN4OS. The number of aromatic amines is 1.